The van der Waals surface area contributed by atoms with Crippen LogP contribution in [0.1, 0.15) is 29.6 Å². The molecule has 0 radical (unpaired) electrons. The summed E-state index contributed by atoms with van der Waals surface area (Å²) in [7, 11) is 0. The number of hydrogen-bond acceptors (Lipinski definition) is 2. The van der Waals surface area contributed by atoms with Gasteiger partial charge in [-0.3, -0.25) is 4.79 Å². The normalized spacial score (nSPS) is 14.6. The molecule has 20 heavy (non-hydrogen) atoms. The summed E-state index contributed by atoms with van der Waals surface area (Å²) in [6.45, 7) is 0.841. The van der Waals surface area contributed by atoms with Crippen molar-refractivity contribution in [2.45, 2.75) is 19.3 Å². The van der Waals surface area contributed by atoms with Crippen LogP contribution in [0, 0.1) is 5.92 Å². The Bertz CT molecular complexity index is 565. The molecule has 1 aliphatic carbocycles. The minimum absolute atomic E-state index is 0.703. The molecule has 2 aromatic carbocycles. The van der Waals surface area contributed by atoms with E-state index in [2.05, 4.69) is 12.1 Å². The minimum atomic E-state index is 0.703. The molecule has 0 heterocycles. The van der Waals surface area contributed by atoms with E-state index in [0.717, 1.165) is 35.7 Å². The first-order valence-corrected chi connectivity index (χ1v) is 7.13. The highest BCUT2D eigenvalue weighted by molar-refractivity contribution is 5.76. The molecule has 0 atom stereocenters. The van der Waals surface area contributed by atoms with Gasteiger partial charge in [-0.1, -0.05) is 42.8 Å². The molecule has 102 valence electrons. The number of benzene rings is 2. The fourth-order valence-corrected chi connectivity index (χ4v) is 2.37. The lowest BCUT2D eigenvalue weighted by atomic mass is 9.86. The molecule has 1 saturated carbocycles. The first-order valence-electron chi connectivity index (χ1n) is 7.13. The summed E-state index contributed by atoms with van der Waals surface area (Å²) in [6, 6.07) is 15.8. The number of ether oxygens (including phenoxy) is 1. The molecule has 1 aliphatic rings. The maximum atomic E-state index is 10.6. The van der Waals surface area contributed by atoms with Crippen molar-refractivity contribution >= 4 is 6.29 Å². The van der Waals surface area contributed by atoms with Crippen LogP contribution in [0.2, 0.25) is 0 Å². The average molecular weight is 266 g/mol. The Morgan fingerprint density at radius 1 is 0.950 bits per heavy atom. The van der Waals surface area contributed by atoms with Gasteiger partial charge in [0.1, 0.15) is 12.0 Å². The third kappa shape index (κ3) is 2.90. The van der Waals surface area contributed by atoms with Crippen LogP contribution in [-0.2, 0) is 0 Å². The second-order valence-corrected chi connectivity index (χ2v) is 5.37. The van der Waals surface area contributed by atoms with E-state index < -0.39 is 0 Å². The van der Waals surface area contributed by atoms with E-state index in [-0.39, 0.29) is 0 Å². The Morgan fingerprint density at radius 2 is 1.55 bits per heavy atom. The number of rotatable bonds is 5. The van der Waals surface area contributed by atoms with Crippen molar-refractivity contribution in [1.82, 2.24) is 0 Å². The quantitative estimate of drug-likeness (QED) is 0.752. The second kappa shape index (κ2) is 5.91. The Labute approximate surface area is 119 Å². The van der Waals surface area contributed by atoms with Gasteiger partial charge >= 0.3 is 0 Å². The lowest BCUT2D eigenvalue weighted by Gasteiger charge is -2.25. The van der Waals surface area contributed by atoms with Gasteiger partial charge in [0.25, 0.3) is 0 Å². The Hall–Kier alpha value is -2.09. The van der Waals surface area contributed by atoms with Crippen LogP contribution in [0.5, 0.6) is 5.75 Å². The van der Waals surface area contributed by atoms with Gasteiger partial charge in [-0.2, -0.15) is 0 Å². The third-order valence-corrected chi connectivity index (χ3v) is 3.94. The zero-order chi connectivity index (χ0) is 13.8. The van der Waals surface area contributed by atoms with Crippen LogP contribution in [0.15, 0.2) is 48.5 Å². The molecule has 0 N–H and O–H groups in total. The van der Waals surface area contributed by atoms with Gasteiger partial charge in [-0.15, -0.1) is 0 Å². The van der Waals surface area contributed by atoms with Gasteiger partial charge in [0, 0.05) is 5.56 Å². The molecule has 0 saturated heterocycles. The SMILES string of the molecule is O=Cc1ccc(-c2ccc(OCC3CCC3)cc2)cc1. The van der Waals surface area contributed by atoms with Crippen molar-refractivity contribution in [3.05, 3.63) is 54.1 Å². The predicted molar refractivity (Wildman–Crippen MR) is 80.1 cm³/mol. The van der Waals surface area contributed by atoms with Gasteiger partial charge in [-0.05, 0) is 42.0 Å². The van der Waals surface area contributed by atoms with Crippen LogP contribution >= 0.6 is 0 Å². The molecule has 1 fully saturated rings. The molecule has 3 rings (SSSR count). The summed E-state index contributed by atoms with van der Waals surface area (Å²) in [5.74, 6) is 1.69. The molecule has 0 amide bonds. The Balaban J connectivity index is 1.66. The summed E-state index contributed by atoms with van der Waals surface area (Å²) >= 11 is 0. The van der Waals surface area contributed by atoms with E-state index in [1.165, 1.54) is 19.3 Å². The molecule has 2 heteroatoms. The Morgan fingerprint density at radius 3 is 2.05 bits per heavy atom. The molecule has 0 aliphatic heterocycles. The second-order valence-electron chi connectivity index (χ2n) is 5.37. The molecular weight excluding hydrogens is 248 g/mol. The molecule has 2 aromatic rings. The van der Waals surface area contributed by atoms with E-state index >= 15 is 0 Å². The van der Waals surface area contributed by atoms with Gasteiger partial charge in [-0.25, -0.2) is 0 Å². The molecular formula is C18H18O2. The highest BCUT2D eigenvalue weighted by Gasteiger charge is 2.17. The van der Waals surface area contributed by atoms with Crippen LogP contribution in [0.25, 0.3) is 11.1 Å². The van der Waals surface area contributed by atoms with Crippen LogP contribution in [-0.4, -0.2) is 12.9 Å². The van der Waals surface area contributed by atoms with Crippen LogP contribution in [0.3, 0.4) is 0 Å². The lowest BCUT2D eigenvalue weighted by molar-refractivity contribution is 0.112. The van der Waals surface area contributed by atoms with Crippen molar-refractivity contribution in [1.29, 1.82) is 0 Å². The number of aldehydes is 1. The summed E-state index contributed by atoms with van der Waals surface area (Å²) < 4.78 is 5.79. The fraction of sp³-hybridized carbons (Fsp3) is 0.278. The minimum Gasteiger partial charge on any atom is -0.493 e. The molecule has 0 bridgehead atoms. The van der Waals surface area contributed by atoms with E-state index in [0.29, 0.717) is 5.56 Å². The molecule has 0 aromatic heterocycles. The van der Waals surface area contributed by atoms with Crippen molar-refractivity contribution in [3.63, 3.8) is 0 Å². The summed E-state index contributed by atoms with van der Waals surface area (Å²) in [6.07, 6.45) is 4.83. The van der Waals surface area contributed by atoms with Crippen molar-refractivity contribution in [3.8, 4) is 16.9 Å². The third-order valence-electron chi connectivity index (χ3n) is 3.94. The standard InChI is InChI=1S/C18H18O2/c19-12-14-4-6-16(7-5-14)17-8-10-18(11-9-17)20-13-15-2-1-3-15/h4-12,15H,1-3,13H2. The maximum absolute atomic E-state index is 10.6. The first kappa shape index (κ1) is 12.9. The zero-order valence-electron chi connectivity index (χ0n) is 11.4. The predicted octanol–water partition coefficient (Wildman–Crippen LogP) is 4.35. The van der Waals surface area contributed by atoms with E-state index in [4.69, 9.17) is 4.74 Å². The number of hydrogen-bond donors (Lipinski definition) is 0. The lowest BCUT2D eigenvalue weighted by Crippen LogP contribution is -2.19. The van der Waals surface area contributed by atoms with Crippen molar-refractivity contribution < 1.29 is 9.53 Å². The van der Waals surface area contributed by atoms with Gasteiger partial charge in [0.05, 0.1) is 6.61 Å². The van der Waals surface area contributed by atoms with Crippen LogP contribution in [0.4, 0.5) is 0 Å². The fourth-order valence-electron chi connectivity index (χ4n) is 2.37. The smallest absolute Gasteiger partial charge is 0.150 e. The first-order chi connectivity index (χ1) is 9.85. The van der Waals surface area contributed by atoms with Crippen molar-refractivity contribution in [2.24, 2.45) is 5.92 Å². The van der Waals surface area contributed by atoms with E-state index in [1.807, 2.05) is 36.4 Å². The Kier molecular flexibility index (Phi) is 3.82. The highest BCUT2D eigenvalue weighted by atomic mass is 16.5. The maximum Gasteiger partial charge on any atom is 0.150 e. The zero-order valence-corrected chi connectivity index (χ0v) is 11.4. The summed E-state index contributed by atoms with van der Waals surface area (Å²) in [4.78, 5) is 10.6. The largest absolute Gasteiger partial charge is 0.493 e. The van der Waals surface area contributed by atoms with E-state index in [1.54, 1.807) is 0 Å². The highest BCUT2D eigenvalue weighted by Crippen LogP contribution is 2.28. The number of carbonyl (C=O) groups is 1. The van der Waals surface area contributed by atoms with Crippen LogP contribution < -0.4 is 4.74 Å². The van der Waals surface area contributed by atoms with Gasteiger partial charge in [0.15, 0.2) is 0 Å². The average Bonchev–Trinajstić information content (AvgIpc) is 2.46. The van der Waals surface area contributed by atoms with Gasteiger partial charge in [0.2, 0.25) is 0 Å². The molecule has 0 spiro atoms. The topological polar surface area (TPSA) is 26.3 Å². The molecule has 0 unspecified atom stereocenters. The van der Waals surface area contributed by atoms with Crippen molar-refractivity contribution in [2.75, 3.05) is 6.61 Å². The van der Waals surface area contributed by atoms with Gasteiger partial charge < -0.3 is 4.74 Å². The number of carbonyl (C=O) groups excluding carboxylic acids is 1. The monoisotopic (exact) mass is 266 g/mol. The summed E-state index contributed by atoms with van der Waals surface area (Å²) in [5.41, 5.74) is 2.95. The van der Waals surface area contributed by atoms with E-state index in [9.17, 15) is 4.79 Å². The molecule has 2 nitrogen and oxygen atoms in total. The summed E-state index contributed by atoms with van der Waals surface area (Å²) in [5, 5.41) is 0.